The summed E-state index contributed by atoms with van der Waals surface area (Å²) in [6.45, 7) is 0. The Labute approximate surface area is 131 Å². The van der Waals surface area contributed by atoms with Crippen molar-refractivity contribution in [3.63, 3.8) is 0 Å². The lowest BCUT2D eigenvalue weighted by Crippen LogP contribution is -1.95. The zero-order valence-electron chi connectivity index (χ0n) is 12.1. The van der Waals surface area contributed by atoms with Crippen LogP contribution in [0.25, 0.3) is 21.8 Å². The third-order valence-electron chi connectivity index (χ3n) is 3.74. The molecule has 2 nitrogen and oxygen atoms in total. The van der Waals surface area contributed by atoms with E-state index in [1.54, 1.807) is 18.2 Å². The van der Waals surface area contributed by atoms with Crippen LogP contribution in [0.3, 0.4) is 0 Å². The van der Waals surface area contributed by atoms with Gasteiger partial charge in [0.2, 0.25) is 0 Å². The third kappa shape index (κ3) is 2.48. The van der Waals surface area contributed by atoms with Crippen molar-refractivity contribution in [2.24, 2.45) is 0 Å². The Balaban J connectivity index is 1.95. The van der Waals surface area contributed by atoms with Crippen LogP contribution in [0, 0.1) is 11.6 Å². The standard InChI is InChI=1S/C19H12F2N2/c20-13-7-6-12-10-15-16(21)8-9-17(19(15)23-18(12)11-13)22-14-4-2-1-3-5-14/h1-11,22H. The van der Waals surface area contributed by atoms with Crippen molar-refractivity contribution in [1.29, 1.82) is 0 Å². The van der Waals surface area contributed by atoms with Gasteiger partial charge in [-0.1, -0.05) is 18.2 Å². The van der Waals surface area contributed by atoms with Gasteiger partial charge in [0, 0.05) is 22.5 Å². The van der Waals surface area contributed by atoms with Crippen LogP contribution < -0.4 is 5.32 Å². The second kappa shape index (κ2) is 5.32. The van der Waals surface area contributed by atoms with Crippen LogP contribution in [0.5, 0.6) is 0 Å². The molecular weight excluding hydrogens is 294 g/mol. The number of nitrogens with zero attached hydrogens (tertiary/aromatic N) is 1. The number of benzene rings is 3. The zero-order valence-corrected chi connectivity index (χ0v) is 12.1. The lowest BCUT2D eigenvalue weighted by Gasteiger charge is -2.11. The van der Waals surface area contributed by atoms with E-state index in [0.29, 0.717) is 27.5 Å². The average Bonchev–Trinajstić information content (AvgIpc) is 2.57. The Kier molecular flexibility index (Phi) is 3.15. The predicted molar refractivity (Wildman–Crippen MR) is 88.9 cm³/mol. The summed E-state index contributed by atoms with van der Waals surface area (Å²) in [4.78, 5) is 4.45. The predicted octanol–water partition coefficient (Wildman–Crippen LogP) is 5.41. The van der Waals surface area contributed by atoms with Gasteiger partial charge in [-0.05, 0) is 42.5 Å². The topological polar surface area (TPSA) is 24.9 Å². The van der Waals surface area contributed by atoms with Crippen LogP contribution in [0.4, 0.5) is 20.2 Å². The van der Waals surface area contributed by atoms with Crippen LogP contribution in [0.15, 0.2) is 66.7 Å². The summed E-state index contributed by atoms with van der Waals surface area (Å²) >= 11 is 0. The van der Waals surface area contributed by atoms with Crippen LogP contribution >= 0.6 is 0 Å². The van der Waals surface area contributed by atoms with E-state index >= 15 is 0 Å². The molecule has 4 aromatic rings. The number of anilines is 2. The van der Waals surface area contributed by atoms with E-state index in [-0.39, 0.29) is 11.6 Å². The molecule has 0 aliphatic rings. The molecule has 4 rings (SSSR count). The molecule has 0 atom stereocenters. The average molecular weight is 306 g/mol. The Bertz CT molecular complexity index is 1010. The van der Waals surface area contributed by atoms with Gasteiger partial charge in [-0.2, -0.15) is 0 Å². The highest BCUT2D eigenvalue weighted by Gasteiger charge is 2.10. The van der Waals surface area contributed by atoms with E-state index in [2.05, 4.69) is 10.3 Å². The molecule has 23 heavy (non-hydrogen) atoms. The second-order valence-corrected chi connectivity index (χ2v) is 5.31. The summed E-state index contributed by atoms with van der Waals surface area (Å²) in [5.74, 6) is -0.712. The first-order valence-corrected chi connectivity index (χ1v) is 7.21. The molecular formula is C19H12F2N2. The van der Waals surface area contributed by atoms with Crippen molar-refractivity contribution in [2.45, 2.75) is 0 Å². The van der Waals surface area contributed by atoms with Crippen LogP contribution in [-0.4, -0.2) is 4.98 Å². The molecule has 0 fully saturated rings. The number of nitrogens with one attached hydrogen (secondary N) is 1. The maximum Gasteiger partial charge on any atom is 0.132 e. The van der Waals surface area contributed by atoms with Gasteiger partial charge in [0.05, 0.1) is 16.7 Å². The summed E-state index contributed by atoms with van der Waals surface area (Å²) < 4.78 is 27.6. The summed E-state index contributed by atoms with van der Waals surface area (Å²) in [5.41, 5.74) is 2.53. The van der Waals surface area contributed by atoms with Crippen molar-refractivity contribution in [1.82, 2.24) is 4.98 Å². The number of hydrogen-bond acceptors (Lipinski definition) is 2. The van der Waals surface area contributed by atoms with E-state index in [1.807, 2.05) is 30.3 Å². The fourth-order valence-corrected chi connectivity index (χ4v) is 2.63. The van der Waals surface area contributed by atoms with Gasteiger partial charge in [-0.25, -0.2) is 13.8 Å². The normalized spacial score (nSPS) is 11.0. The first-order chi connectivity index (χ1) is 11.2. The molecule has 0 aliphatic carbocycles. The number of fused-ring (bicyclic) bond motifs is 2. The highest BCUT2D eigenvalue weighted by Crippen LogP contribution is 2.30. The molecule has 0 bridgehead atoms. The van der Waals surface area contributed by atoms with Crippen LogP contribution in [-0.2, 0) is 0 Å². The van der Waals surface area contributed by atoms with Gasteiger partial charge in [0.25, 0.3) is 0 Å². The molecule has 0 unspecified atom stereocenters. The zero-order chi connectivity index (χ0) is 15.8. The Hall–Kier alpha value is -3.01. The highest BCUT2D eigenvalue weighted by atomic mass is 19.1. The molecule has 1 N–H and O–H groups in total. The van der Waals surface area contributed by atoms with Crippen molar-refractivity contribution in [2.75, 3.05) is 5.32 Å². The van der Waals surface area contributed by atoms with E-state index in [9.17, 15) is 8.78 Å². The van der Waals surface area contributed by atoms with Crippen LogP contribution in [0.2, 0.25) is 0 Å². The number of rotatable bonds is 2. The number of para-hydroxylation sites is 1. The summed E-state index contributed by atoms with van der Waals surface area (Å²) in [6.07, 6.45) is 0. The van der Waals surface area contributed by atoms with Gasteiger partial charge >= 0.3 is 0 Å². The second-order valence-electron chi connectivity index (χ2n) is 5.31. The maximum atomic E-state index is 14.2. The lowest BCUT2D eigenvalue weighted by molar-refractivity contribution is 0.629. The van der Waals surface area contributed by atoms with Gasteiger partial charge in [-0.3, -0.25) is 0 Å². The van der Waals surface area contributed by atoms with E-state index in [4.69, 9.17) is 0 Å². The number of aromatic nitrogens is 1. The van der Waals surface area contributed by atoms with E-state index < -0.39 is 0 Å². The Morgan fingerprint density at radius 1 is 0.826 bits per heavy atom. The molecule has 112 valence electrons. The fourth-order valence-electron chi connectivity index (χ4n) is 2.63. The van der Waals surface area contributed by atoms with Crippen molar-refractivity contribution < 1.29 is 8.78 Å². The first-order valence-electron chi connectivity index (χ1n) is 7.21. The Morgan fingerprint density at radius 2 is 1.65 bits per heavy atom. The molecule has 4 heteroatoms. The first kappa shape index (κ1) is 13.6. The Morgan fingerprint density at radius 3 is 2.48 bits per heavy atom. The van der Waals surface area contributed by atoms with E-state index in [1.165, 1.54) is 18.2 Å². The van der Waals surface area contributed by atoms with Crippen molar-refractivity contribution >= 4 is 33.2 Å². The number of hydrogen-bond donors (Lipinski definition) is 1. The summed E-state index contributed by atoms with van der Waals surface area (Å²) in [7, 11) is 0. The molecule has 1 heterocycles. The fraction of sp³-hybridized carbons (Fsp3) is 0. The smallest absolute Gasteiger partial charge is 0.132 e. The molecule has 0 aliphatic heterocycles. The molecule has 0 saturated heterocycles. The summed E-state index contributed by atoms with van der Waals surface area (Å²) in [5, 5.41) is 4.34. The van der Waals surface area contributed by atoms with Gasteiger partial charge in [-0.15, -0.1) is 0 Å². The van der Waals surface area contributed by atoms with Gasteiger partial charge in [0.1, 0.15) is 11.6 Å². The summed E-state index contributed by atoms with van der Waals surface area (Å²) in [6, 6.07) is 18.6. The minimum absolute atomic E-state index is 0.350. The quantitative estimate of drug-likeness (QED) is 0.501. The van der Waals surface area contributed by atoms with Crippen LogP contribution in [0.1, 0.15) is 0 Å². The molecule has 0 amide bonds. The third-order valence-corrected chi connectivity index (χ3v) is 3.74. The highest BCUT2D eigenvalue weighted by molar-refractivity contribution is 5.99. The largest absolute Gasteiger partial charge is 0.354 e. The monoisotopic (exact) mass is 306 g/mol. The molecule has 0 spiro atoms. The van der Waals surface area contributed by atoms with Gasteiger partial charge in [0.15, 0.2) is 0 Å². The van der Waals surface area contributed by atoms with Crippen molar-refractivity contribution in [3.05, 3.63) is 78.4 Å². The SMILES string of the molecule is Fc1ccc2cc3c(F)ccc(Nc4ccccc4)c3nc2c1. The minimum Gasteiger partial charge on any atom is -0.354 e. The molecule has 1 aromatic heterocycles. The molecule has 0 radical (unpaired) electrons. The lowest BCUT2D eigenvalue weighted by atomic mass is 10.1. The molecule has 0 saturated carbocycles. The minimum atomic E-state index is -0.363. The molecule has 3 aromatic carbocycles. The van der Waals surface area contributed by atoms with Crippen molar-refractivity contribution in [3.8, 4) is 0 Å². The van der Waals surface area contributed by atoms with Gasteiger partial charge < -0.3 is 5.32 Å². The number of halogens is 2. The maximum absolute atomic E-state index is 14.2. The van der Waals surface area contributed by atoms with E-state index in [0.717, 1.165) is 5.69 Å². The number of pyridine rings is 1.